The van der Waals surface area contributed by atoms with Gasteiger partial charge in [-0.05, 0) is 23.6 Å². The van der Waals surface area contributed by atoms with Crippen LogP contribution in [0.4, 0.5) is 8.78 Å². The fourth-order valence-electron chi connectivity index (χ4n) is 3.80. The lowest BCUT2D eigenvalue weighted by Crippen LogP contribution is -2.50. The van der Waals surface area contributed by atoms with E-state index in [2.05, 4.69) is 15.5 Å². The van der Waals surface area contributed by atoms with Crippen LogP contribution in [0.3, 0.4) is 0 Å². The van der Waals surface area contributed by atoms with Crippen LogP contribution in [-0.4, -0.2) is 47.5 Å². The summed E-state index contributed by atoms with van der Waals surface area (Å²) >= 11 is 0. The molecule has 7 nitrogen and oxygen atoms in total. The number of hydrogen-bond acceptors (Lipinski definition) is 6. The van der Waals surface area contributed by atoms with Crippen LogP contribution >= 0.6 is 0 Å². The van der Waals surface area contributed by atoms with E-state index in [-0.39, 0.29) is 30.0 Å². The summed E-state index contributed by atoms with van der Waals surface area (Å²) in [6.07, 6.45) is 7.83. The normalized spacial score (nSPS) is 27.4. The summed E-state index contributed by atoms with van der Waals surface area (Å²) in [5.74, 6) is -0.543. The van der Waals surface area contributed by atoms with E-state index < -0.39 is 12.0 Å². The molecule has 0 aromatic carbocycles. The van der Waals surface area contributed by atoms with E-state index in [9.17, 15) is 13.6 Å². The molecule has 0 saturated heterocycles. The first-order chi connectivity index (χ1) is 13.4. The molecule has 1 aromatic rings. The predicted octanol–water partition coefficient (Wildman–Crippen LogP) is 1.84. The number of alkyl halides is 2. The molecule has 2 aliphatic heterocycles. The molecule has 1 aliphatic carbocycles. The Labute approximate surface area is 159 Å². The molecule has 146 valence electrons. The Morgan fingerprint density at radius 3 is 2.79 bits per heavy atom. The number of dihydropyridines is 1. The summed E-state index contributed by atoms with van der Waals surface area (Å²) in [5.41, 5.74) is 6.65. The third-order valence-electron chi connectivity index (χ3n) is 5.32. The van der Waals surface area contributed by atoms with Crippen molar-refractivity contribution in [1.82, 2.24) is 15.4 Å². The second-order valence-electron chi connectivity index (χ2n) is 6.84. The fraction of sp³-hybridized carbons (Fsp3) is 0.316. The van der Waals surface area contributed by atoms with Gasteiger partial charge in [-0.15, -0.1) is 0 Å². The van der Waals surface area contributed by atoms with Crippen LogP contribution in [0.15, 0.2) is 63.5 Å². The van der Waals surface area contributed by atoms with Gasteiger partial charge in [-0.2, -0.15) is 0 Å². The second kappa shape index (κ2) is 6.74. The molecule has 3 aliphatic rings. The number of aliphatic imine (C=N–C) groups is 1. The second-order valence-corrected chi connectivity index (χ2v) is 6.84. The van der Waals surface area contributed by atoms with Gasteiger partial charge in [-0.25, -0.2) is 13.8 Å². The van der Waals surface area contributed by atoms with Gasteiger partial charge in [0.1, 0.15) is 12.0 Å². The number of allylic oxidation sites excluding steroid dienone is 6. The lowest BCUT2D eigenvalue weighted by Gasteiger charge is -2.36. The van der Waals surface area contributed by atoms with Crippen molar-refractivity contribution in [3.05, 3.63) is 59.7 Å². The highest BCUT2D eigenvalue weighted by Crippen LogP contribution is 2.43. The van der Waals surface area contributed by atoms with Crippen LogP contribution in [0.25, 0.3) is 5.57 Å². The third kappa shape index (κ3) is 2.74. The predicted molar refractivity (Wildman–Crippen MR) is 99.0 cm³/mol. The van der Waals surface area contributed by atoms with Gasteiger partial charge in [-0.3, -0.25) is 9.69 Å². The van der Waals surface area contributed by atoms with Crippen LogP contribution in [0.2, 0.25) is 0 Å². The minimum absolute atomic E-state index is 0.0832. The molecule has 0 saturated carbocycles. The van der Waals surface area contributed by atoms with Crippen molar-refractivity contribution in [1.29, 1.82) is 0 Å². The number of guanidine groups is 1. The van der Waals surface area contributed by atoms with E-state index in [0.717, 1.165) is 5.57 Å². The van der Waals surface area contributed by atoms with Crippen molar-refractivity contribution in [2.24, 2.45) is 16.6 Å². The molecule has 0 spiro atoms. The Hall–Kier alpha value is -3.23. The molecule has 1 amide bonds. The zero-order valence-corrected chi connectivity index (χ0v) is 15.1. The molecule has 3 heterocycles. The van der Waals surface area contributed by atoms with Gasteiger partial charge < -0.3 is 15.6 Å². The van der Waals surface area contributed by atoms with Crippen LogP contribution in [0.1, 0.15) is 12.1 Å². The molecular formula is C19H19F2N5O2. The number of nitrogens with one attached hydrogen (secondary N) is 1. The Kier molecular flexibility index (Phi) is 4.37. The molecular weight excluding hydrogens is 368 g/mol. The summed E-state index contributed by atoms with van der Waals surface area (Å²) < 4.78 is 30.9. The molecule has 28 heavy (non-hydrogen) atoms. The van der Waals surface area contributed by atoms with Crippen LogP contribution in [-0.2, 0) is 4.79 Å². The van der Waals surface area contributed by atoms with Crippen LogP contribution in [0.5, 0.6) is 0 Å². The number of nitrogens with two attached hydrogens (primary N) is 1. The van der Waals surface area contributed by atoms with Crippen molar-refractivity contribution in [2.45, 2.75) is 18.4 Å². The summed E-state index contributed by atoms with van der Waals surface area (Å²) in [6.45, 7) is 0.0832. The Morgan fingerprint density at radius 1 is 1.39 bits per heavy atom. The number of rotatable bonds is 4. The van der Waals surface area contributed by atoms with E-state index in [1.165, 1.54) is 17.2 Å². The number of halogens is 2. The quantitative estimate of drug-likeness (QED) is 0.822. The van der Waals surface area contributed by atoms with E-state index in [1.807, 2.05) is 18.2 Å². The molecule has 1 aromatic heterocycles. The Balaban J connectivity index is 1.76. The number of likely N-dealkylation sites (N-methyl/N-ethyl adjacent to an activating group) is 1. The maximum absolute atomic E-state index is 13.3. The van der Waals surface area contributed by atoms with E-state index in [0.29, 0.717) is 17.7 Å². The highest BCUT2D eigenvalue weighted by molar-refractivity contribution is 6.09. The van der Waals surface area contributed by atoms with Gasteiger partial charge >= 0.3 is 0 Å². The number of aromatic nitrogens is 1. The molecule has 4 rings (SSSR count). The average molecular weight is 387 g/mol. The first-order valence-corrected chi connectivity index (χ1v) is 8.78. The molecule has 0 fully saturated rings. The van der Waals surface area contributed by atoms with Gasteiger partial charge in [0.2, 0.25) is 0 Å². The van der Waals surface area contributed by atoms with Gasteiger partial charge in [0, 0.05) is 25.6 Å². The highest BCUT2D eigenvalue weighted by Gasteiger charge is 2.54. The first kappa shape index (κ1) is 18.1. The summed E-state index contributed by atoms with van der Waals surface area (Å²) in [7, 11) is 1.56. The number of carbonyl (C=O) groups is 1. The third-order valence-corrected chi connectivity index (χ3v) is 5.32. The van der Waals surface area contributed by atoms with Gasteiger partial charge in [0.15, 0.2) is 11.5 Å². The van der Waals surface area contributed by atoms with Crippen molar-refractivity contribution in [3.63, 3.8) is 0 Å². The molecule has 0 radical (unpaired) electrons. The van der Waals surface area contributed by atoms with E-state index in [4.69, 9.17) is 10.3 Å². The zero-order valence-electron chi connectivity index (χ0n) is 15.1. The lowest BCUT2D eigenvalue weighted by molar-refractivity contribution is -0.130. The average Bonchev–Trinajstić information content (AvgIpc) is 3.32. The van der Waals surface area contributed by atoms with Gasteiger partial charge in [-0.1, -0.05) is 29.5 Å². The van der Waals surface area contributed by atoms with Crippen molar-refractivity contribution < 1.29 is 18.1 Å². The summed E-state index contributed by atoms with van der Waals surface area (Å²) in [5, 5.41) is 6.66. The number of amides is 1. The molecule has 9 heteroatoms. The van der Waals surface area contributed by atoms with Crippen molar-refractivity contribution >= 4 is 17.4 Å². The topological polar surface area (TPSA) is 96.8 Å². The Bertz CT molecular complexity index is 946. The van der Waals surface area contributed by atoms with Crippen molar-refractivity contribution in [3.8, 4) is 0 Å². The highest BCUT2D eigenvalue weighted by atomic mass is 19.3. The molecule has 2 atom stereocenters. The number of nitrogens with zero attached hydrogens (tertiary/aromatic N) is 3. The number of carbonyl (C=O) groups excluding carboxylic acids is 1. The van der Waals surface area contributed by atoms with Gasteiger partial charge in [0.25, 0.3) is 12.3 Å². The van der Waals surface area contributed by atoms with Crippen LogP contribution < -0.4 is 11.1 Å². The standard InChI is InChI=1S/C19H19F2N5O2/c1-26-17(27)19(24-18(26)22,13-5-6-15(16(20)21)23-10-13)12-4-2-3-11(9-12)14-7-8-28-25-14/h2-8,12,16,23H,9-10H2,1H3,(H2,22,24). The maximum atomic E-state index is 13.3. The molecule has 2 unspecified atom stereocenters. The maximum Gasteiger partial charge on any atom is 0.277 e. The van der Waals surface area contributed by atoms with Crippen LogP contribution in [0, 0.1) is 5.92 Å². The fourth-order valence-corrected chi connectivity index (χ4v) is 3.80. The Morgan fingerprint density at radius 2 is 2.21 bits per heavy atom. The minimum Gasteiger partial charge on any atom is -0.380 e. The summed E-state index contributed by atoms with van der Waals surface area (Å²) in [4.78, 5) is 19.1. The SMILES string of the molecule is CN1C(=O)C(C2=CC=C(C(F)F)NC2)(C2C=CC=C(c3ccon3)C2)N=C1N. The molecule has 0 bridgehead atoms. The monoisotopic (exact) mass is 387 g/mol. The molecule has 3 N–H and O–H groups in total. The largest absolute Gasteiger partial charge is 0.380 e. The van der Waals surface area contributed by atoms with E-state index >= 15 is 0 Å². The van der Waals surface area contributed by atoms with Gasteiger partial charge in [0.05, 0.1) is 5.70 Å². The minimum atomic E-state index is -2.61. The smallest absolute Gasteiger partial charge is 0.277 e. The first-order valence-electron chi connectivity index (χ1n) is 8.78. The number of hydrogen-bond donors (Lipinski definition) is 2. The van der Waals surface area contributed by atoms with Crippen molar-refractivity contribution in [2.75, 3.05) is 13.6 Å². The summed E-state index contributed by atoms with van der Waals surface area (Å²) in [6, 6.07) is 1.74. The lowest BCUT2D eigenvalue weighted by atomic mass is 9.72. The zero-order chi connectivity index (χ0) is 19.9. The van der Waals surface area contributed by atoms with E-state index in [1.54, 1.807) is 19.2 Å².